The molecule has 0 fully saturated rings. The third-order valence-corrected chi connectivity index (χ3v) is 4.50. The molecule has 0 aliphatic heterocycles. The van der Waals surface area contributed by atoms with E-state index in [1.807, 2.05) is 38.1 Å². The molecule has 0 heterocycles. The number of aryl methyl sites for hydroxylation is 2. The van der Waals surface area contributed by atoms with Crippen molar-refractivity contribution in [1.82, 2.24) is 5.43 Å². The molecule has 3 aromatic rings. The average molecular weight is 376 g/mol. The Hall–Kier alpha value is -3.31. The topological polar surface area (TPSA) is 61.7 Å². The van der Waals surface area contributed by atoms with Gasteiger partial charge in [0.2, 0.25) is 0 Å². The lowest BCUT2D eigenvalue weighted by Gasteiger charge is -2.27. The van der Waals surface area contributed by atoms with E-state index >= 15 is 0 Å². The zero-order chi connectivity index (χ0) is 20.1. The van der Waals surface area contributed by atoms with Gasteiger partial charge in [-0.2, -0.15) is 5.10 Å². The van der Waals surface area contributed by atoms with Crippen molar-refractivity contribution in [3.8, 4) is 0 Å². The van der Waals surface area contributed by atoms with E-state index in [-0.39, 0.29) is 0 Å². The van der Waals surface area contributed by atoms with Crippen LogP contribution in [-0.2, 0) is 10.4 Å². The van der Waals surface area contributed by atoms with Crippen LogP contribution in [0.15, 0.2) is 77.9 Å². The number of nitrogens with one attached hydrogen (secondary N) is 1. The molecule has 0 saturated carbocycles. The molecule has 5 heteroatoms. The number of hydrogen-bond acceptors (Lipinski definition) is 3. The summed E-state index contributed by atoms with van der Waals surface area (Å²) in [6, 6.07) is 20.0. The normalized spacial score (nSPS) is 11.6. The maximum atomic E-state index is 13.3. The van der Waals surface area contributed by atoms with Crippen molar-refractivity contribution in [3.63, 3.8) is 0 Å². The highest BCUT2D eigenvalue weighted by Crippen LogP contribution is 2.30. The van der Waals surface area contributed by atoms with Crippen LogP contribution in [0, 0.1) is 19.7 Å². The molecule has 142 valence electrons. The van der Waals surface area contributed by atoms with Gasteiger partial charge in [-0.15, -0.1) is 0 Å². The number of halogens is 1. The van der Waals surface area contributed by atoms with Crippen LogP contribution in [0.4, 0.5) is 4.39 Å². The number of nitrogens with zero attached hydrogens (tertiary/aromatic N) is 1. The molecule has 0 bridgehead atoms. The molecule has 0 atom stereocenters. The van der Waals surface area contributed by atoms with E-state index in [0.717, 1.165) is 11.1 Å². The van der Waals surface area contributed by atoms with E-state index in [2.05, 4.69) is 10.5 Å². The molecule has 28 heavy (non-hydrogen) atoms. The maximum Gasteiger partial charge on any atom is 0.281 e. The van der Waals surface area contributed by atoms with Gasteiger partial charge in [-0.05, 0) is 42.7 Å². The summed E-state index contributed by atoms with van der Waals surface area (Å²) in [6.07, 6.45) is 1.33. The van der Waals surface area contributed by atoms with Crippen LogP contribution in [0.25, 0.3) is 0 Å². The van der Waals surface area contributed by atoms with Gasteiger partial charge in [0.15, 0.2) is 5.60 Å². The standard InChI is InChI=1S/C23H21FN2O2/c1-16-6-10-19(11-7-16)23(28,20-12-8-17(2)9-13-20)22(27)26-25-15-18-4-3-5-21(24)14-18/h3-15,28H,1-2H3,(H,26,27). The van der Waals surface area contributed by atoms with Crippen molar-refractivity contribution in [2.24, 2.45) is 5.10 Å². The molecule has 0 aliphatic rings. The summed E-state index contributed by atoms with van der Waals surface area (Å²) in [6.45, 7) is 3.86. The number of hydrogen-bond donors (Lipinski definition) is 2. The fraction of sp³-hybridized carbons (Fsp3) is 0.130. The Morgan fingerprint density at radius 3 is 2.00 bits per heavy atom. The number of benzene rings is 3. The van der Waals surface area contributed by atoms with Gasteiger partial charge in [0.25, 0.3) is 5.91 Å². The lowest BCUT2D eigenvalue weighted by Crippen LogP contribution is -2.43. The summed E-state index contributed by atoms with van der Waals surface area (Å²) in [5.74, 6) is -1.10. The van der Waals surface area contributed by atoms with Crippen molar-refractivity contribution < 1.29 is 14.3 Å². The van der Waals surface area contributed by atoms with Gasteiger partial charge < -0.3 is 5.11 Å². The number of amides is 1. The van der Waals surface area contributed by atoms with Crippen molar-refractivity contribution in [1.29, 1.82) is 0 Å². The van der Waals surface area contributed by atoms with E-state index < -0.39 is 17.3 Å². The molecule has 0 aromatic heterocycles. The average Bonchev–Trinajstić information content (AvgIpc) is 2.68. The molecular formula is C23H21FN2O2. The van der Waals surface area contributed by atoms with Crippen LogP contribution < -0.4 is 5.43 Å². The summed E-state index contributed by atoms with van der Waals surface area (Å²) in [4.78, 5) is 12.9. The third-order valence-electron chi connectivity index (χ3n) is 4.50. The zero-order valence-corrected chi connectivity index (χ0v) is 15.7. The van der Waals surface area contributed by atoms with E-state index in [9.17, 15) is 14.3 Å². The Bertz CT molecular complexity index is 950. The summed E-state index contributed by atoms with van der Waals surface area (Å²) in [7, 11) is 0. The Morgan fingerprint density at radius 2 is 1.50 bits per heavy atom. The van der Waals surface area contributed by atoms with Crippen molar-refractivity contribution in [2.75, 3.05) is 0 Å². The van der Waals surface area contributed by atoms with E-state index in [0.29, 0.717) is 16.7 Å². The smallest absolute Gasteiger partial charge is 0.281 e. The highest BCUT2D eigenvalue weighted by Gasteiger charge is 2.40. The summed E-state index contributed by atoms with van der Waals surface area (Å²) >= 11 is 0. The third kappa shape index (κ3) is 4.15. The van der Waals surface area contributed by atoms with Crippen LogP contribution >= 0.6 is 0 Å². The van der Waals surface area contributed by atoms with Crippen molar-refractivity contribution in [2.45, 2.75) is 19.4 Å². The molecule has 0 saturated heterocycles. The monoisotopic (exact) mass is 376 g/mol. The zero-order valence-electron chi connectivity index (χ0n) is 15.7. The number of hydrazone groups is 1. The first-order valence-electron chi connectivity index (χ1n) is 8.85. The lowest BCUT2D eigenvalue weighted by molar-refractivity contribution is -0.136. The minimum absolute atomic E-state index is 0.397. The van der Waals surface area contributed by atoms with E-state index in [1.165, 1.54) is 18.3 Å². The Kier molecular flexibility index (Phi) is 5.66. The van der Waals surface area contributed by atoms with Crippen LogP contribution in [0.5, 0.6) is 0 Å². The molecular weight excluding hydrogens is 355 g/mol. The van der Waals surface area contributed by atoms with Gasteiger partial charge in [0, 0.05) is 0 Å². The quantitative estimate of drug-likeness (QED) is 0.525. The SMILES string of the molecule is Cc1ccc(C(O)(C(=O)NN=Cc2cccc(F)c2)c2ccc(C)cc2)cc1. The Balaban J connectivity index is 1.93. The maximum absolute atomic E-state index is 13.3. The van der Waals surface area contributed by atoms with E-state index in [1.54, 1.807) is 36.4 Å². The lowest BCUT2D eigenvalue weighted by atomic mass is 9.85. The number of carbonyl (C=O) groups excluding carboxylic acids is 1. The van der Waals surface area contributed by atoms with Gasteiger partial charge >= 0.3 is 0 Å². The van der Waals surface area contributed by atoms with Gasteiger partial charge in [0.05, 0.1) is 6.21 Å². The summed E-state index contributed by atoms with van der Waals surface area (Å²) in [5.41, 5.74) is 3.84. The van der Waals surface area contributed by atoms with Gasteiger partial charge in [-0.1, -0.05) is 71.8 Å². The second kappa shape index (κ2) is 8.15. The first-order valence-corrected chi connectivity index (χ1v) is 8.85. The van der Waals surface area contributed by atoms with E-state index in [4.69, 9.17) is 0 Å². The fourth-order valence-corrected chi connectivity index (χ4v) is 2.85. The molecule has 0 aliphatic carbocycles. The number of carbonyl (C=O) groups is 1. The molecule has 0 spiro atoms. The minimum atomic E-state index is -1.92. The summed E-state index contributed by atoms with van der Waals surface area (Å²) in [5, 5.41) is 15.3. The molecule has 3 rings (SSSR count). The van der Waals surface area contributed by atoms with Crippen molar-refractivity contribution in [3.05, 3.63) is 106 Å². The highest BCUT2D eigenvalue weighted by molar-refractivity contribution is 5.91. The molecule has 4 nitrogen and oxygen atoms in total. The van der Waals surface area contributed by atoms with Crippen LogP contribution in [-0.4, -0.2) is 17.2 Å². The first kappa shape index (κ1) is 19.5. The second-order valence-electron chi connectivity index (χ2n) is 6.70. The predicted octanol–water partition coefficient (Wildman–Crippen LogP) is 3.83. The number of rotatable bonds is 5. The van der Waals surface area contributed by atoms with Gasteiger partial charge in [-0.25, -0.2) is 9.82 Å². The molecule has 1 amide bonds. The second-order valence-corrected chi connectivity index (χ2v) is 6.70. The fourth-order valence-electron chi connectivity index (χ4n) is 2.85. The Morgan fingerprint density at radius 1 is 0.964 bits per heavy atom. The predicted molar refractivity (Wildman–Crippen MR) is 107 cm³/mol. The number of aliphatic hydroxyl groups is 1. The molecule has 3 aromatic carbocycles. The largest absolute Gasteiger partial charge is 0.372 e. The first-order chi connectivity index (χ1) is 13.4. The Labute approximate surface area is 163 Å². The van der Waals surface area contributed by atoms with Crippen LogP contribution in [0.3, 0.4) is 0 Å². The molecule has 0 unspecified atom stereocenters. The van der Waals surface area contributed by atoms with Gasteiger partial charge in [-0.3, -0.25) is 4.79 Å². The molecule has 2 N–H and O–H groups in total. The highest BCUT2D eigenvalue weighted by atomic mass is 19.1. The van der Waals surface area contributed by atoms with Crippen LogP contribution in [0.2, 0.25) is 0 Å². The minimum Gasteiger partial charge on any atom is -0.372 e. The van der Waals surface area contributed by atoms with Crippen LogP contribution in [0.1, 0.15) is 27.8 Å². The van der Waals surface area contributed by atoms with Gasteiger partial charge in [0.1, 0.15) is 5.82 Å². The summed E-state index contributed by atoms with van der Waals surface area (Å²) < 4.78 is 13.3. The van der Waals surface area contributed by atoms with Crippen molar-refractivity contribution >= 4 is 12.1 Å². The molecule has 0 radical (unpaired) electrons.